The minimum absolute atomic E-state index is 0.181. The molecule has 2 aromatic heterocycles. The van der Waals surface area contributed by atoms with Gasteiger partial charge in [-0.2, -0.15) is 0 Å². The van der Waals surface area contributed by atoms with E-state index in [4.69, 9.17) is 16.0 Å². The number of hydrogen-bond donors (Lipinski definition) is 1. The number of carbonyl (C=O) groups excluding carboxylic acids is 1. The minimum atomic E-state index is -0.181. The van der Waals surface area contributed by atoms with Crippen LogP contribution in [0.25, 0.3) is 16.2 Å². The Bertz CT molecular complexity index is 790. The summed E-state index contributed by atoms with van der Waals surface area (Å²) < 4.78 is 6.26. The van der Waals surface area contributed by atoms with Crippen molar-refractivity contribution in [2.45, 2.75) is 6.54 Å². The topological polar surface area (TPSA) is 42.2 Å². The molecule has 0 bridgehead atoms. The third kappa shape index (κ3) is 3.17. The highest BCUT2D eigenvalue weighted by Gasteiger charge is 2.07. The highest BCUT2D eigenvalue weighted by Crippen LogP contribution is 2.35. The lowest BCUT2D eigenvalue weighted by atomic mass is 10.2. The molecule has 0 fully saturated rings. The van der Waals surface area contributed by atoms with Crippen LogP contribution in [-0.4, -0.2) is 5.91 Å². The molecule has 0 aliphatic carbocycles. The van der Waals surface area contributed by atoms with Gasteiger partial charge in [0.05, 0.1) is 17.8 Å². The Morgan fingerprint density at radius 1 is 1.29 bits per heavy atom. The molecule has 21 heavy (non-hydrogen) atoms. The summed E-state index contributed by atoms with van der Waals surface area (Å²) in [5.74, 6) is 0.538. The Balaban J connectivity index is 1.69. The molecule has 0 atom stereocenters. The van der Waals surface area contributed by atoms with E-state index in [1.165, 1.54) is 6.08 Å². The molecule has 1 N–H and O–H groups in total. The monoisotopic (exact) mass is 317 g/mol. The Morgan fingerprint density at radius 3 is 2.90 bits per heavy atom. The van der Waals surface area contributed by atoms with E-state index in [-0.39, 0.29) is 5.91 Å². The first kappa shape index (κ1) is 13.9. The molecule has 0 saturated carbocycles. The van der Waals surface area contributed by atoms with Gasteiger partial charge in [-0.1, -0.05) is 29.8 Å². The van der Waals surface area contributed by atoms with Gasteiger partial charge in [-0.3, -0.25) is 4.79 Å². The number of rotatable bonds is 4. The molecule has 0 unspecified atom stereocenters. The number of hydrogen-bond acceptors (Lipinski definition) is 3. The Morgan fingerprint density at radius 2 is 2.14 bits per heavy atom. The normalized spacial score (nSPS) is 11.3. The van der Waals surface area contributed by atoms with Crippen molar-refractivity contribution in [3.05, 3.63) is 64.4 Å². The van der Waals surface area contributed by atoms with Gasteiger partial charge in [0.2, 0.25) is 5.91 Å². The maximum Gasteiger partial charge on any atom is 0.244 e. The van der Waals surface area contributed by atoms with Gasteiger partial charge in [0, 0.05) is 21.0 Å². The van der Waals surface area contributed by atoms with Gasteiger partial charge in [-0.05, 0) is 24.3 Å². The van der Waals surface area contributed by atoms with Gasteiger partial charge in [-0.25, -0.2) is 0 Å². The van der Waals surface area contributed by atoms with E-state index in [0.717, 1.165) is 20.7 Å². The zero-order chi connectivity index (χ0) is 14.7. The van der Waals surface area contributed by atoms with Gasteiger partial charge >= 0.3 is 0 Å². The number of nitrogens with one attached hydrogen (secondary N) is 1. The van der Waals surface area contributed by atoms with Crippen molar-refractivity contribution in [3.8, 4) is 0 Å². The summed E-state index contributed by atoms with van der Waals surface area (Å²) in [6.45, 7) is 0.371. The molecule has 0 aliphatic rings. The van der Waals surface area contributed by atoms with Crippen molar-refractivity contribution in [2.24, 2.45) is 0 Å². The summed E-state index contributed by atoms with van der Waals surface area (Å²) in [6, 6.07) is 11.5. The molecular formula is C16H12ClNO2S. The first-order chi connectivity index (χ1) is 10.2. The van der Waals surface area contributed by atoms with Gasteiger partial charge in [0.1, 0.15) is 5.76 Å². The maximum absolute atomic E-state index is 11.8. The van der Waals surface area contributed by atoms with E-state index in [2.05, 4.69) is 5.32 Å². The number of furan rings is 1. The van der Waals surface area contributed by atoms with Crippen LogP contribution in [0.15, 0.2) is 53.2 Å². The number of benzene rings is 1. The molecule has 5 heteroatoms. The van der Waals surface area contributed by atoms with Crippen molar-refractivity contribution >= 4 is 45.0 Å². The highest BCUT2D eigenvalue weighted by molar-refractivity contribution is 7.20. The van der Waals surface area contributed by atoms with Crippen molar-refractivity contribution < 1.29 is 9.21 Å². The molecule has 0 aliphatic heterocycles. The highest BCUT2D eigenvalue weighted by atomic mass is 35.5. The first-order valence-corrected chi connectivity index (χ1v) is 7.59. The molecule has 0 radical (unpaired) electrons. The molecule has 1 aromatic carbocycles. The second-order valence-electron chi connectivity index (χ2n) is 4.41. The summed E-state index contributed by atoms with van der Waals surface area (Å²) in [4.78, 5) is 12.6. The van der Waals surface area contributed by atoms with E-state index < -0.39 is 0 Å². The van der Waals surface area contributed by atoms with Gasteiger partial charge in [0.15, 0.2) is 0 Å². The van der Waals surface area contributed by atoms with Crippen LogP contribution in [0.3, 0.4) is 0 Å². The predicted octanol–water partition coefficient (Wildman–Crippen LogP) is 4.48. The van der Waals surface area contributed by atoms with Crippen molar-refractivity contribution in [1.29, 1.82) is 0 Å². The van der Waals surface area contributed by atoms with E-state index in [9.17, 15) is 4.79 Å². The fourth-order valence-corrected chi connectivity index (χ4v) is 3.34. The summed E-state index contributed by atoms with van der Waals surface area (Å²) in [7, 11) is 0. The molecule has 1 amide bonds. The lowest BCUT2D eigenvalue weighted by molar-refractivity contribution is -0.116. The SMILES string of the molecule is O=C(C=Cc1sc2ccccc2c1Cl)NCc1ccco1. The Labute approximate surface area is 130 Å². The van der Waals surface area contributed by atoms with Crippen molar-refractivity contribution in [2.75, 3.05) is 0 Å². The lowest BCUT2D eigenvalue weighted by Crippen LogP contribution is -2.19. The molecular weight excluding hydrogens is 306 g/mol. The second kappa shape index (κ2) is 6.16. The van der Waals surface area contributed by atoms with Crippen LogP contribution < -0.4 is 5.32 Å². The summed E-state index contributed by atoms with van der Waals surface area (Å²) in [6.07, 6.45) is 4.80. The zero-order valence-electron chi connectivity index (χ0n) is 11.0. The van der Waals surface area contributed by atoms with Crippen LogP contribution in [0, 0.1) is 0 Å². The summed E-state index contributed by atoms with van der Waals surface area (Å²) in [5.41, 5.74) is 0. The minimum Gasteiger partial charge on any atom is -0.467 e. The zero-order valence-corrected chi connectivity index (χ0v) is 12.6. The van der Waals surface area contributed by atoms with Crippen molar-refractivity contribution in [1.82, 2.24) is 5.32 Å². The van der Waals surface area contributed by atoms with E-state index >= 15 is 0 Å². The summed E-state index contributed by atoms with van der Waals surface area (Å²) in [5, 5.41) is 4.45. The predicted molar refractivity (Wildman–Crippen MR) is 86.4 cm³/mol. The van der Waals surface area contributed by atoms with Crippen LogP contribution in [0.1, 0.15) is 10.6 Å². The Hall–Kier alpha value is -2.04. The molecule has 2 heterocycles. The fraction of sp³-hybridized carbons (Fsp3) is 0.0625. The molecule has 106 valence electrons. The van der Waals surface area contributed by atoms with Crippen LogP contribution in [0.2, 0.25) is 5.02 Å². The van der Waals surface area contributed by atoms with Crippen LogP contribution in [-0.2, 0) is 11.3 Å². The largest absolute Gasteiger partial charge is 0.467 e. The fourth-order valence-electron chi connectivity index (χ4n) is 1.94. The Kier molecular flexibility index (Phi) is 4.08. The third-order valence-electron chi connectivity index (χ3n) is 2.96. The molecule has 0 saturated heterocycles. The van der Waals surface area contributed by atoms with Crippen LogP contribution >= 0.6 is 22.9 Å². The lowest BCUT2D eigenvalue weighted by Gasteiger charge is -1.97. The molecule has 3 nitrogen and oxygen atoms in total. The van der Waals surface area contributed by atoms with Crippen molar-refractivity contribution in [3.63, 3.8) is 0 Å². The second-order valence-corrected chi connectivity index (χ2v) is 5.87. The standard InChI is InChI=1S/C16H12ClNO2S/c17-16-12-5-1-2-6-13(12)21-14(16)7-8-15(19)18-10-11-4-3-9-20-11/h1-9H,10H2,(H,18,19). The first-order valence-electron chi connectivity index (χ1n) is 6.39. The number of carbonyl (C=O) groups is 1. The summed E-state index contributed by atoms with van der Waals surface area (Å²) >= 11 is 7.88. The van der Waals surface area contributed by atoms with E-state index in [0.29, 0.717) is 11.6 Å². The van der Waals surface area contributed by atoms with E-state index in [1.54, 1.807) is 29.7 Å². The molecule has 3 aromatic rings. The average Bonchev–Trinajstić information content (AvgIpc) is 3.12. The maximum atomic E-state index is 11.8. The average molecular weight is 318 g/mol. The molecule has 3 rings (SSSR count). The van der Waals surface area contributed by atoms with Gasteiger partial charge < -0.3 is 9.73 Å². The van der Waals surface area contributed by atoms with E-state index in [1.807, 2.05) is 30.3 Å². The quantitative estimate of drug-likeness (QED) is 0.721. The van der Waals surface area contributed by atoms with Crippen LogP contribution in [0.4, 0.5) is 0 Å². The number of halogens is 1. The van der Waals surface area contributed by atoms with Crippen LogP contribution in [0.5, 0.6) is 0 Å². The number of thiophene rings is 1. The number of fused-ring (bicyclic) bond motifs is 1. The van der Waals surface area contributed by atoms with Gasteiger partial charge in [-0.15, -0.1) is 11.3 Å². The number of amides is 1. The smallest absolute Gasteiger partial charge is 0.244 e. The van der Waals surface area contributed by atoms with Gasteiger partial charge in [0.25, 0.3) is 0 Å². The molecule has 0 spiro atoms. The third-order valence-corrected chi connectivity index (χ3v) is 4.62.